The number of carbonyl (C=O) groups is 2. The van der Waals surface area contributed by atoms with Gasteiger partial charge in [-0.3, -0.25) is 14.5 Å². The van der Waals surface area contributed by atoms with Gasteiger partial charge >= 0.3 is 5.97 Å². The number of carboxylic acid groups (broad SMARTS) is 1. The maximum atomic E-state index is 12.2. The van der Waals surface area contributed by atoms with E-state index >= 15 is 0 Å². The van der Waals surface area contributed by atoms with Crippen molar-refractivity contribution >= 4 is 23.2 Å². The molecule has 1 amide bonds. The number of hydrogen-bond donors (Lipinski definition) is 1. The standard InChI is InChI=1S/C14H18N2O3S/c17-12(15-5-1-2-6-15)9-16-7-3-11-10(4-8-20-11)13(16)14(18)19/h4,8,13H,1-3,5-7,9H2,(H,18,19). The summed E-state index contributed by atoms with van der Waals surface area (Å²) in [5.41, 5.74) is 0.864. The Hall–Kier alpha value is -1.40. The number of rotatable bonds is 3. The first kappa shape index (κ1) is 13.6. The second-order valence-electron chi connectivity index (χ2n) is 5.35. The Kier molecular flexibility index (Phi) is 3.76. The van der Waals surface area contributed by atoms with Gasteiger partial charge in [0.25, 0.3) is 0 Å². The molecule has 0 aliphatic carbocycles. The molecule has 6 heteroatoms. The second kappa shape index (κ2) is 5.54. The summed E-state index contributed by atoms with van der Waals surface area (Å²) in [6.45, 7) is 2.48. The monoisotopic (exact) mass is 294 g/mol. The number of amides is 1. The maximum Gasteiger partial charge on any atom is 0.325 e. The fraction of sp³-hybridized carbons (Fsp3) is 0.571. The molecule has 2 aliphatic rings. The van der Waals surface area contributed by atoms with Crippen molar-refractivity contribution in [2.75, 3.05) is 26.2 Å². The topological polar surface area (TPSA) is 60.9 Å². The van der Waals surface area contributed by atoms with Crippen molar-refractivity contribution in [2.24, 2.45) is 0 Å². The molecule has 1 aromatic rings. The van der Waals surface area contributed by atoms with E-state index < -0.39 is 12.0 Å². The normalized spacial score (nSPS) is 22.8. The van der Waals surface area contributed by atoms with Gasteiger partial charge in [0.1, 0.15) is 6.04 Å². The number of hydrogen-bond acceptors (Lipinski definition) is 4. The lowest BCUT2D eigenvalue weighted by Crippen LogP contribution is -2.45. The van der Waals surface area contributed by atoms with Crippen LogP contribution in [0.25, 0.3) is 0 Å². The molecule has 2 aliphatic heterocycles. The summed E-state index contributed by atoms with van der Waals surface area (Å²) in [7, 11) is 0. The minimum Gasteiger partial charge on any atom is -0.480 e. The van der Waals surface area contributed by atoms with Gasteiger partial charge in [0.15, 0.2) is 0 Å². The predicted octanol–water partition coefficient (Wildman–Crippen LogP) is 1.35. The quantitative estimate of drug-likeness (QED) is 0.914. The Labute approximate surface area is 121 Å². The second-order valence-corrected chi connectivity index (χ2v) is 6.35. The minimum atomic E-state index is -0.862. The van der Waals surface area contributed by atoms with E-state index in [4.69, 9.17) is 0 Å². The summed E-state index contributed by atoms with van der Waals surface area (Å²) < 4.78 is 0. The van der Waals surface area contributed by atoms with Crippen LogP contribution >= 0.6 is 11.3 Å². The van der Waals surface area contributed by atoms with Gasteiger partial charge in [0.05, 0.1) is 6.54 Å². The van der Waals surface area contributed by atoms with Crippen LogP contribution in [-0.2, 0) is 16.0 Å². The summed E-state index contributed by atoms with van der Waals surface area (Å²) in [5, 5.41) is 11.4. The van der Waals surface area contributed by atoms with E-state index in [0.717, 1.165) is 42.8 Å². The van der Waals surface area contributed by atoms with E-state index in [9.17, 15) is 14.7 Å². The molecule has 5 nitrogen and oxygen atoms in total. The number of nitrogens with zero attached hydrogens (tertiary/aromatic N) is 2. The summed E-state index contributed by atoms with van der Waals surface area (Å²) >= 11 is 1.61. The largest absolute Gasteiger partial charge is 0.480 e. The average molecular weight is 294 g/mol. The molecule has 1 atom stereocenters. The number of carbonyl (C=O) groups excluding carboxylic acids is 1. The zero-order valence-corrected chi connectivity index (χ0v) is 12.1. The van der Waals surface area contributed by atoms with Gasteiger partial charge in [0, 0.05) is 24.5 Å². The van der Waals surface area contributed by atoms with Gasteiger partial charge in [-0.25, -0.2) is 0 Å². The molecular formula is C14H18N2O3S. The lowest BCUT2D eigenvalue weighted by molar-refractivity contribution is -0.145. The van der Waals surface area contributed by atoms with E-state index in [-0.39, 0.29) is 12.5 Å². The highest BCUT2D eigenvalue weighted by molar-refractivity contribution is 7.10. The first-order valence-electron chi connectivity index (χ1n) is 6.97. The van der Waals surface area contributed by atoms with Gasteiger partial charge < -0.3 is 10.0 Å². The van der Waals surface area contributed by atoms with Crippen LogP contribution in [0, 0.1) is 0 Å². The number of aliphatic carboxylic acids is 1. The molecular weight excluding hydrogens is 276 g/mol. The highest BCUT2D eigenvalue weighted by Crippen LogP contribution is 2.33. The highest BCUT2D eigenvalue weighted by Gasteiger charge is 2.35. The third-order valence-electron chi connectivity index (χ3n) is 4.10. The van der Waals surface area contributed by atoms with E-state index in [1.165, 1.54) is 0 Å². The fourth-order valence-electron chi connectivity index (χ4n) is 3.07. The third kappa shape index (κ3) is 2.45. The summed E-state index contributed by atoms with van der Waals surface area (Å²) in [6, 6.07) is 1.21. The molecule has 0 bridgehead atoms. The lowest BCUT2D eigenvalue weighted by atomic mass is 10.00. The van der Waals surface area contributed by atoms with Gasteiger partial charge in [0.2, 0.25) is 5.91 Å². The van der Waals surface area contributed by atoms with Crippen molar-refractivity contribution in [2.45, 2.75) is 25.3 Å². The predicted molar refractivity (Wildman–Crippen MR) is 75.8 cm³/mol. The zero-order chi connectivity index (χ0) is 14.1. The molecule has 1 unspecified atom stereocenters. The third-order valence-corrected chi connectivity index (χ3v) is 5.09. The Morgan fingerprint density at radius 2 is 2.05 bits per heavy atom. The molecule has 0 radical (unpaired) electrons. The van der Waals surface area contributed by atoms with Crippen LogP contribution in [0.3, 0.4) is 0 Å². The molecule has 0 saturated carbocycles. The SMILES string of the molecule is O=C(O)C1c2ccsc2CCN1CC(=O)N1CCCC1. The molecule has 1 saturated heterocycles. The molecule has 3 rings (SSSR count). The average Bonchev–Trinajstić information content (AvgIpc) is 3.08. The number of thiophene rings is 1. The Morgan fingerprint density at radius 3 is 2.75 bits per heavy atom. The van der Waals surface area contributed by atoms with Gasteiger partial charge in [-0.15, -0.1) is 11.3 Å². The van der Waals surface area contributed by atoms with Crippen molar-refractivity contribution in [1.82, 2.24) is 9.80 Å². The molecule has 0 aromatic carbocycles. The Balaban J connectivity index is 1.75. The minimum absolute atomic E-state index is 0.0624. The number of carboxylic acids is 1. The molecule has 1 fully saturated rings. The molecule has 20 heavy (non-hydrogen) atoms. The van der Waals surface area contributed by atoms with Gasteiger partial charge in [-0.2, -0.15) is 0 Å². The molecule has 1 aromatic heterocycles. The summed E-state index contributed by atoms with van der Waals surface area (Å²) in [6.07, 6.45) is 2.95. The van der Waals surface area contributed by atoms with Crippen molar-refractivity contribution in [3.05, 3.63) is 21.9 Å². The van der Waals surface area contributed by atoms with Crippen LogP contribution in [0.4, 0.5) is 0 Å². The van der Waals surface area contributed by atoms with Crippen molar-refractivity contribution in [3.8, 4) is 0 Å². The lowest BCUT2D eigenvalue weighted by Gasteiger charge is -2.33. The van der Waals surface area contributed by atoms with Crippen LogP contribution in [0.5, 0.6) is 0 Å². The first-order valence-corrected chi connectivity index (χ1v) is 7.85. The maximum absolute atomic E-state index is 12.2. The summed E-state index contributed by atoms with van der Waals surface area (Å²) in [5.74, 6) is -0.800. The summed E-state index contributed by atoms with van der Waals surface area (Å²) in [4.78, 5) is 28.6. The van der Waals surface area contributed by atoms with Crippen molar-refractivity contribution in [3.63, 3.8) is 0 Å². The van der Waals surface area contributed by atoms with Crippen molar-refractivity contribution < 1.29 is 14.7 Å². The molecule has 1 N–H and O–H groups in total. The Morgan fingerprint density at radius 1 is 1.30 bits per heavy atom. The molecule has 0 spiro atoms. The van der Waals surface area contributed by atoms with E-state index in [2.05, 4.69) is 0 Å². The highest BCUT2D eigenvalue weighted by atomic mass is 32.1. The zero-order valence-electron chi connectivity index (χ0n) is 11.2. The smallest absolute Gasteiger partial charge is 0.325 e. The Bertz CT molecular complexity index is 522. The van der Waals surface area contributed by atoms with E-state index in [1.54, 1.807) is 16.2 Å². The number of fused-ring (bicyclic) bond motifs is 1. The number of likely N-dealkylation sites (tertiary alicyclic amines) is 1. The van der Waals surface area contributed by atoms with Crippen LogP contribution in [0.2, 0.25) is 0 Å². The first-order chi connectivity index (χ1) is 9.66. The molecule has 108 valence electrons. The van der Waals surface area contributed by atoms with E-state index in [0.29, 0.717) is 6.54 Å². The van der Waals surface area contributed by atoms with Gasteiger partial charge in [-0.1, -0.05) is 0 Å². The van der Waals surface area contributed by atoms with E-state index in [1.807, 2.05) is 16.3 Å². The fourth-order valence-corrected chi connectivity index (χ4v) is 3.97. The van der Waals surface area contributed by atoms with Crippen LogP contribution in [0.15, 0.2) is 11.4 Å². The molecule has 3 heterocycles. The van der Waals surface area contributed by atoms with Crippen LogP contribution in [-0.4, -0.2) is 53.0 Å². The van der Waals surface area contributed by atoms with Crippen LogP contribution < -0.4 is 0 Å². The van der Waals surface area contributed by atoms with Crippen molar-refractivity contribution in [1.29, 1.82) is 0 Å². The van der Waals surface area contributed by atoms with Gasteiger partial charge in [-0.05, 0) is 36.3 Å². The van der Waals surface area contributed by atoms with Crippen LogP contribution in [0.1, 0.15) is 29.3 Å².